The molecule has 0 fully saturated rings. The van der Waals surface area contributed by atoms with Gasteiger partial charge >= 0.3 is 5.97 Å². The molecule has 1 heterocycles. The third-order valence-electron chi connectivity index (χ3n) is 2.19. The third-order valence-corrected chi connectivity index (χ3v) is 2.19. The fraction of sp³-hybridized carbons (Fsp3) is 0.0833. The molecule has 2 aromatic rings. The van der Waals surface area contributed by atoms with E-state index in [1.807, 2.05) is 0 Å². The average Bonchev–Trinajstić information content (AvgIpc) is 2.40. The zero-order chi connectivity index (χ0) is 13.0. The highest BCUT2D eigenvalue weighted by Crippen LogP contribution is 2.19. The minimum Gasteiger partial charge on any atom is -0.476 e. The lowest BCUT2D eigenvalue weighted by Gasteiger charge is -2.04. The first-order valence-electron chi connectivity index (χ1n) is 5.14. The Hall–Kier alpha value is -2.47. The van der Waals surface area contributed by atoms with Crippen molar-refractivity contribution >= 4 is 5.97 Å². The number of rotatable bonds is 4. The maximum atomic E-state index is 10.6. The summed E-state index contributed by atoms with van der Waals surface area (Å²) in [6, 6.07) is 9.53. The summed E-state index contributed by atoms with van der Waals surface area (Å²) in [5, 5.41) is 24.7. The van der Waals surface area contributed by atoms with E-state index >= 15 is 0 Å². The second kappa shape index (κ2) is 5.24. The van der Waals surface area contributed by atoms with Crippen molar-refractivity contribution in [2.45, 2.75) is 6.61 Å². The van der Waals surface area contributed by atoms with Crippen LogP contribution in [0.4, 0.5) is 0 Å². The predicted octanol–water partition coefficient (Wildman–Crippen LogP) is 1.46. The smallest absolute Gasteiger partial charge is 0.356 e. The fourth-order valence-electron chi connectivity index (χ4n) is 1.27. The second-order valence-corrected chi connectivity index (χ2v) is 3.47. The molecule has 0 aliphatic carbocycles. The first-order valence-corrected chi connectivity index (χ1v) is 5.14. The van der Waals surface area contributed by atoms with Crippen LogP contribution < -0.4 is 4.74 Å². The average molecular weight is 246 g/mol. The first kappa shape index (κ1) is 12.0. The van der Waals surface area contributed by atoms with Gasteiger partial charge in [0.15, 0.2) is 5.69 Å². The van der Waals surface area contributed by atoms with Gasteiger partial charge in [-0.05, 0) is 23.8 Å². The zero-order valence-corrected chi connectivity index (χ0v) is 9.28. The number of carbonyl (C=O) groups is 1. The fourth-order valence-corrected chi connectivity index (χ4v) is 1.27. The van der Waals surface area contributed by atoms with Crippen molar-refractivity contribution in [2.75, 3.05) is 0 Å². The Bertz CT molecular complexity index is 537. The summed E-state index contributed by atoms with van der Waals surface area (Å²) in [5.41, 5.74) is 0.632. The first-order chi connectivity index (χ1) is 8.69. The van der Waals surface area contributed by atoms with Crippen molar-refractivity contribution in [2.24, 2.45) is 0 Å². The van der Waals surface area contributed by atoms with Gasteiger partial charge in [0.05, 0.1) is 6.61 Å². The number of aromatic nitrogens is 2. The van der Waals surface area contributed by atoms with Crippen LogP contribution in [0.2, 0.25) is 0 Å². The number of carboxylic acid groups (broad SMARTS) is 1. The van der Waals surface area contributed by atoms with E-state index in [0.29, 0.717) is 5.75 Å². The number of carboxylic acids is 1. The molecule has 0 saturated heterocycles. The molecule has 2 N–H and O–H groups in total. The van der Waals surface area contributed by atoms with Crippen molar-refractivity contribution in [3.63, 3.8) is 0 Å². The van der Waals surface area contributed by atoms with Gasteiger partial charge in [0.1, 0.15) is 5.75 Å². The Kier molecular flexibility index (Phi) is 3.49. The van der Waals surface area contributed by atoms with Crippen molar-refractivity contribution in [3.05, 3.63) is 47.7 Å². The highest BCUT2D eigenvalue weighted by molar-refractivity contribution is 5.84. The number of aliphatic hydroxyl groups excluding tert-OH is 1. The largest absolute Gasteiger partial charge is 0.476 e. The molecule has 1 aromatic heterocycles. The van der Waals surface area contributed by atoms with Crippen LogP contribution >= 0.6 is 0 Å². The number of benzene rings is 1. The van der Waals surface area contributed by atoms with Crippen LogP contribution in [0.5, 0.6) is 11.6 Å². The number of hydrogen-bond acceptors (Lipinski definition) is 5. The summed E-state index contributed by atoms with van der Waals surface area (Å²) < 4.78 is 5.36. The van der Waals surface area contributed by atoms with E-state index in [2.05, 4.69) is 10.2 Å². The number of nitrogens with zero attached hydrogens (tertiary/aromatic N) is 2. The van der Waals surface area contributed by atoms with E-state index in [-0.39, 0.29) is 18.2 Å². The molecule has 0 bridgehead atoms. The molecule has 18 heavy (non-hydrogen) atoms. The SMILES string of the molecule is O=C(O)c1ccc(Oc2ccc(CO)cc2)nn1. The summed E-state index contributed by atoms with van der Waals surface area (Å²) in [7, 11) is 0. The van der Waals surface area contributed by atoms with E-state index in [0.717, 1.165) is 5.56 Å². The highest BCUT2D eigenvalue weighted by Gasteiger charge is 2.06. The van der Waals surface area contributed by atoms with E-state index in [9.17, 15) is 4.79 Å². The summed E-state index contributed by atoms with van der Waals surface area (Å²) in [4.78, 5) is 10.6. The number of hydrogen-bond donors (Lipinski definition) is 2. The van der Waals surface area contributed by atoms with Gasteiger partial charge in [0, 0.05) is 6.07 Å². The van der Waals surface area contributed by atoms with Crippen LogP contribution in [0.15, 0.2) is 36.4 Å². The zero-order valence-electron chi connectivity index (χ0n) is 9.28. The number of aliphatic hydroxyl groups is 1. The quantitative estimate of drug-likeness (QED) is 0.848. The molecule has 6 heteroatoms. The van der Waals surface area contributed by atoms with Crippen molar-refractivity contribution in [3.8, 4) is 11.6 Å². The maximum absolute atomic E-state index is 10.6. The van der Waals surface area contributed by atoms with Gasteiger partial charge in [-0.25, -0.2) is 4.79 Å². The van der Waals surface area contributed by atoms with Gasteiger partial charge in [-0.1, -0.05) is 12.1 Å². The Morgan fingerprint density at radius 1 is 1.11 bits per heavy atom. The lowest BCUT2D eigenvalue weighted by Crippen LogP contribution is -2.02. The monoisotopic (exact) mass is 246 g/mol. The topological polar surface area (TPSA) is 92.5 Å². The molecule has 1 aromatic carbocycles. The molecule has 92 valence electrons. The van der Waals surface area contributed by atoms with E-state index in [1.165, 1.54) is 12.1 Å². The molecular weight excluding hydrogens is 236 g/mol. The Labute approximate surface area is 102 Å². The molecule has 0 atom stereocenters. The van der Waals surface area contributed by atoms with Crippen molar-refractivity contribution in [1.29, 1.82) is 0 Å². The molecular formula is C12H10N2O4. The molecule has 0 aliphatic rings. The molecule has 6 nitrogen and oxygen atoms in total. The van der Waals surface area contributed by atoms with Gasteiger partial charge in [0.2, 0.25) is 5.88 Å². The van der Waals surface area contributed by atoms with E-state index in [4.69, 9.17) is 14.9 Å². The minimum atomic E-state index is -1.14. The standard InChI is InChI=1S/C12H10N2O4/c15-7-8-1-3-9(4-2-8)18-11-6-5-10(12(16)17)13-14-11/h1-6,15H,7H2,(H,16,17). The van der Waals surface area contributed by atoms with Gasteiger partial charge in [-0.3, -0.25) is 0 Å². The maximum Gasteiger partial charge on any atom is 0.356 e. The summed E-state index contributed by atoms with van der Waals surface area (Å²) in [6.45, 7) is -0.0343. The minimum absolute atomic E-state index is 0.0343. The molecule has 0 amide bonds. The van der Waals surface area contributed by atoms with E-state index < -0.39 is 5.97 Å². The lowest BCUT2D eigenvalue weighted by atomic mass is 10.2. The van der Waals surface area contributed by atoms with E-state index in [1.54, 1.807) is 24.3 Å². The predicted molar refractivity (Wildman–Crippen MR) is 61.4 cm³/mol. The van der Waals surface area contributed by atoms with Crippen LogP contribution in [-0.4, -0.2) is 26.4 Å². The van der Waals surface area contributed by atoms with Crippen LogP contribution in [0.1, 0.15) is 16.1 Å². The highest BCUT2D eigenvalue weighted by atomic mass is 16.5. The molecule has 0 spiro atoms. The molecule has 0 aliphatic heterocycles. The Morgan fingerprint density at radius 3 is 2.33 bits per heavy atom. The molecule has 0 radical (unpaired) electrons. The normalized spacial score (nSPS) is 10.1. The van der Waals surface area contributed by atoms with Crippen LogP contribution in [0.3, 0.4) is 0 Å². The number of ether oxygens (including phenoxy) is 1. The number of aromatic carboxylic acids is 1. The van der Waals surface area contributed by atoms with Gasteiger partial charge < -0.3 is 14.9 Å². The van der Waals surface area contributed by atoms with Gasteiger partial charge in [-0.2, -0.15) is 0 Å². The van der Waals surface area contributed by atoms with Gasteiger partial charge in [-0.15, -0.1) is 10.2 Å². The van der Waals surface area contributed by atoms with Crippen LogP contribution in [0.25, 0.3) is 0 Å². The third kappa shape index (κ3) is 2.80. The van der Waals surface area contributed by atoms with Gasteiger partial charge in [0.25, 0.3) is 0 Å². The summed E-state index contributed by atoms with van der Waals surface area (Å²) >= 11 is 0. The lowest BCUT2D eigenvalue weighted by molar-refractivity contribution is 0.0689. The molecule has 0 saturated carbocycles. The molecule has 2 rings (SSSR count). The van der Waals surface area contributed by atoms with Crippen molar-refractivity contribution < 1.29 is 19.7 Å². The second-order valence-electron chi connectivity index (χ2n) is 3.47. The Morgan fingerprint density at radius 2 is 1.83 bits per heavy atom. The van der Waals surface area contributed by atoms with Crippen LogP contribution in [0, 0.1) is 0 Å². The van der Waals surface area contributed by atoms with Crippen molar-refractivity contribution in [1.82, 2.24) is 10.2 Å². The Balaban J connectivity index is 2.10. The van der Waals surface area contributed by atoms with Crippen LogP contribution in [-0.2, 0) is 6.61 Å². The summed E-state index contributed by atoms with van der Waals surface area (Å²) in [5.74, 6) is -0.400. The summed E-state index contributed by atoms with van der Waals surface area (Å²) in [6.07, 6.45) is 0. The molecule has 0 unspecified atom stereocenters.